The number of nitrogens with zero attached hydrogens (tertiary/aromatic N) is 3. The molecule has 0 saturated carbocycles. The number of ether oxygens (including phenoxy) is 1. The van der Waals surface area contributed by atoms with Crippen LogP contribution in [0.2, 0.25) is 0 Å². The van der Waals surface area contributed by atoms with Crippen LogP contribution < -0.4 is 0 Å². The van der Waals surface area contributed by atoms with E-state index < -0.39 is 0 Å². The Labute approximate surface area is 147 Å². The van der Waals surface area contributed by atoms with Gasteiger partial charge in [0.15, 0.2) is 5.69 Å². The smallest absolute Gasteiger partial charge is 0.274 e. The van der Waals surface area contributed by atoms with Crippen LogP contribution in [0, 0.1) is 5.82 Å². The van der Waals surface area contributed by atoms with Gasteiger partial charge in [0.2, 0.25) is 0 Å². The van der Waals surface area contributed by atoms with Gasteiger partial charge in [-0.25, -0.2) is 9.07 Å². The van der Waals surface area contributed by atoms with E-state index in [0.717, 1.165) is 42.6 Å². The van der Waals surface area contributed by atoms with E-state index in [-0.39, 0.29) is 17.8 Å². The summed E-state index contributed by atoms with van der Waals surface area (Å²) in [4.78, 5) is 14.6. The van der Waals surface area contributed by atoms with Crippen molar-refractivity contribution in [1.82, 2.24) is 14.7 Å². The Morgan fingerprint density at radius 3 is 2.68 bits per heavy atom. The zero-order valence-corrected chi connectivity index (χ0v) is 15.0. The maximum atomic E-state index is 13.2. The van der Waals surface area contributed by atoms with E-state index in [9.17, 15) is 9.18 Å². The molecule has 0 radical (unpaired) electrons. The molecule has 134 valence electrons. The molecule has 0 unspecified atom stereocenters. The Balaban J connectivity index is 2.00. The van der Waals surface area contributed by atoms with Gasteiger partial charge in [0.05, 0.1) is 18.3 Å². The minimum absolute atomic E-state index is 0.0345. The number of rotatable bonds is 5. The lowest BCUT2D eigenvalue weighted by atomic mass is 9.95. The van der Waals surface area contributed by atoms with Crippen LogP contribution >= 0.6 is 0 Å². The molecule has 6 heteroatoms. The van der Waals surface area contributed by atoms with Gasteiger partial charge in [-0.15, -0.1) is 0 Å². The highest BCUT2D eigenvalue weighted by molar-refractivity contribution is 5.94. The summed E-state index contributed by atoms with van der Waals surface area (Å²) in [7, 11) is 3.40. The lowest BCUT2D eigenvalue weighted by Crippen LogP contribution is -2.38. The first kappa shape index (κ1) is 17.6. The van der Waals surface area contributed by atoms with Gasteiger partial charge in [-0.2, -0.15) is 5.10 Å². The number of methoxy groups -OCH3 is 1. The average molecular weight is 345 g/mol. The highest BCUT2D eigenvalue weighted by atomic mass is 19.1. The van der Waals surface area contributed by atoms with Crippen LogP contribution in [0.4, 0.5) is 4.39 Å². The fourth-order valence-corrected chi connectivity index (χ4v) is 3.29. The molecule has 5 nitrogen and oxygen atoms in total. The van der Waals surface area contributed by atoms with Crippen LogP contribution in [0.15, 0.2) is 24.3 Å². The van der Waals surface area contributed by atoms with Gasteiger partial charge < -0.3 is 9.64 Å². The normalized spacial score (nSPS) is 14.9. The number of hydrogen-bond acceptors (Lipinski definition) is 3. The lowest BCUT2D eigenvalue weighted by Gasteiger charge is -2.24. The molecule has 1 aliphatic carbocycles. The maximum absolute atomic E-state index is 13.2. The highest BCUT2D eigenvalue weighted by Gasteiger charge is 2.28. The summed E-state index contributed by atoms with van der Waals surface area (Å²) in [5, 5.41) is 4.62. The average Bonchev–Trinajstić information content (AvgIpc) is 3.01. The van der Waals surface area contributed by atoms with Crippen LogP contribution in [0.25, 0.3) is 5.69 Å². The van der Waals surface area contributed by atoms with Crippen molar-refractivity contribution in [2.24, 2.45) is 0 Å². The number of aromatic nitrogens is 2. The topological polar surface area (TPSA) is 47.4 Å². The van der Waals surface area contributed by atoms with Crippen molar-refractivity contribution in [3.8, 4) is 5.69 Å². The number of carbonyl (C=O) groups excluding carboxylic acids is 1. The molecule has 2 aromatic rings. The summed E-state index contributed by atoms with van der Waals surface area (Å²) in [5.74, 6) is -0.377. The van der Waals surface area contributed by atoms with Crippen molar-refractivity contribution in [2.45, 2.75) is 38.6 Å². The van der Waals surface area contributed by atoms with Crippen LogP contribution in [0.3, 0.4) is 0 Å². The van der Waals surface area contributed by atoms with E-state index in [4.69, 9.17) is 4.74 Å². The molecule has 1 aromatic carbocycles. The number of carbonyl (C=O) groups is 1. The minimum atomic E-state index is -0.283. The molecule has 0 N–H and O–H groups in total. The van der Waals surface area contributed by atoms with Crippen LogP contribution in [-0.4, -0.2) is 47.4 Å². The van der Waals surface area contributed by atoms with Gasteiger partial charge in [-0.05, 0) is 56.9 Å². The SMILES string of the molecule is COC[C@H](C)N(C)C(=O)c1nn(-c2ccc(F)cc2)c2c1CCCC2. The number of likely N-dealkylation sites (N-methyl/N-ethyl adjacent to an activating group) is 1. The lowest BCUT2D eigenvalue weighted by molar-refractivity contribution is 0.0626. The summed E-state index contributed by atoms with van der Waals surface area (Å²) in [5.41, 5.74) is 3.38. The molecule has 1 amide bonds. The number of halogens is 1. The number of amides is 1. The van der Waals surface area contributed by atoms with Crippen molar-refractivity contribution in [2.75, 3.05) is 20.8 Å². The van der Waals surface area contributed by atoms with Gasteiger partial charge in [-0.1, -0.05) is 0 Å². The van der Waals surface area contributed by atoms with Gasteiger partial charge in [0.1, 0.15) is 5.82 Å². The predicted octanol–water partition coefficient (Wildman–Crippen LogP) is 3.00. The number of hydrogen-bond donors (Lipinski definition) is 0. The summed E-state index contributed by atoms with van der Waals surface area (Å²) < 4.78 is 20.2. The number of benzene rings is 1. The van der Waals surface area contributed by atoms with E-state index in [1.54, 1.807) is 35.9 Å². The molecule has 0 bridgehead atoms. The molecule has 0 aliphatic heterocycles. The Hall–Kier alpha value is -2.21. The van der Waals surface area contributed by atoms with Gasteiger partial charge >= 0.3 is 0 Å². The van der Waals surface area contributed by atoms with Crippen molar-refractivity contribution >= 4 is 5.91 Å². The third-order valence-electron chi connectivity index (χ3n) is 4.84. The third kappa shape index (κ3) is 3.44. The van der Waals surface area contributed by atoms with E-state index in [0.29, 0.717) is 12.3 Å². The van der Waals surface area contributed by atoms with Crippen LogP contribution in [-0.2, 0) is 17.6 Å². The van der Waals surface area contributed by atoms with E-state index in [1.165, 1.54) is 12.1 Å². The van der Waals surface area contributed by atoms with E-state index >= 15 is 0 Å². The monoisotopic (exact) mass is 345 g/mol. The summed E-state index contributed by atoms with van der Waals surface area (Å²) >= 11 is 0. The van der Waals surface area contributed by atoms with Gasteiger partial charge in [0.25, 0.3) is 5.91 Å². The van der Waals surface area contributed by atoms with Crippen molar-refractivity contribution in [1.29, 1.82) is 0 Å². The Kier molecular flexibility index (Phi) is 5.18. The van der Waals surface area contributed by atoms with Crippen molar-refractivity contribution in [3.05, 3.63) is 47.0 Å². The zero-order chi connectivity index (χ0) is 18.0. The minimum Gasteiger partial charge on any atom is -0.383 e. The molecule has 1 atom stereocenters. The first-order valence-corrected chi connectivity index (χ1v) is 8.65. The molecule has 0 fully saturated rings. The largest absolute Gasteiger partial charge is 0.383 e. The third-order valence-corrected chi connectivity index (χ3v) is 4.84. The van der Waals surface area contributed by atoms with E-state index in [1.807, 2.05) is 6.92 Å². The van der Waals surface area contributed by atoms with E-state index in [2.05, 4.69) is 5.10 Å². The molecule has 1 aliphatic rings. The molecule has 1 aromatic heterocycles. The van der Waals surface area contributed by atoms with Crippen LogP contribution in [0.5, 0.6) is 0 Å². The zero-order valence-electron chi connectivity index (χ0n) is 15.0. The quantitative estimate of drug-likeness (QED) is 0.837. The standard InChI is InChI=1S/C19H24FN3O2/c1-13(12-25-3)22(2)19(24)18-16-6-4-5-7-17(16)23(21-18)15-10-8-14(20)9-11-15/h8-11,13H,4-7,12H2,1-3H3/t13-/m0/s1. The predicted molar refractivity (Wildman–Crippen MR) is 93.6 cm³/mol. The van der Waals surface area contributed by atoms with Gasteiger partial charge in [0, 0.05) is 25.4 Å². The molecular weight excluding hydrogens is 321 g/mol. The molecule has 0 spiro atoms. The van der Waals surface area contributed by atoms with Crippen molar-refractivity contribution in [3.63, 3.8) is 0 Å². The molecule has 3 rings (SSSR count). The number of fused-ring (bicyclic) bond motifs is 1. The fourth-order valence-electron chi connectivity index (χ4n) is 3.29. The Bertz CT molecular complexity index is 755. The fraction of sp³-hybridized carbons (Fsp3) is 0.474. The molecular formula is C19H24FN3O2. The molecule has 25 heavy (non-hydrogen) atoms. The van der Waals surface area contributed by atoms with Crippen molar-refractivity contribution < 1.29 is 13.9 Å². The second-order valence-corrected chi connectivity index (χ2v) is 6.59. The Morgan fingerprint density at radius 1 is 1.32 bits per heavy atom. The molecule has 0 saturated heterocycles. The summed E-state index contributed by atoms with van der Waals surface area (Å²) in [6.45, 7) is 2.42. The first-order chi connectivity index (χ1) is 12.0. The summed E-state index contributed by atoms with van der Waals surface area (Å²) in [6, 6.07) is 6.19. The maximum Gasteiger partial charge on any atom is 0.274 e. The highest BCUT2D eigenvalue weighted by Crippen LogP contribution is 2.28. The second-order valence-electron chi connectivity index (χ2n) is 6.59. The first-order valence-electron chi connectivity index (χ1n) is 8.65. The Morgan fingerprint density at radius 2 is 2.00 bits per heavy atom. The summed E-state index contributed by atoms with van der Waals surface area (Å²) in [6.07, 6.45) is 3.86. The second kappa shape index (κ2) is 7.35. The van der Waals surface area contributed by atoms with Gasteiger partial charge in [-0.3, -0.25) is 4.79 Å². The molecule has 1 heterocycles. The van der Waals surface area contributed by atoms with Crippen LogP contribution in [0.1, 0.15) is 41.5 Å².